The van der Waals surface area contributed by atoms with Gasteiger partial charge in [-0.2, -0.15) is 0 Å². The standard InChI is InChI=1S/C20H32N2O5S/c1-11(2)9-17(20(24)27-8)22-18(23)10-21-28(25,26)19-15(6)13(4)12(3)14(5)16(19)7/h11,17,21H,9-10H2,1-8H3,(H,22,23). The summed E-state index contributed by atoms with van der Waals surface area (Å²) < 4.78 is 32.8. The molecule has 1 amide bonds. The van der Waals surface area contributed by atoms with Crippen LogP contribution in [-0.4, -0.2) is 40.0 Å². The van der Waals surface area contributed by atoms with Crippen molar-refractivity contribution in [1.82, 2.24) is 10.0 Å². The number of sulfonamides is 1. The molecule has 0 radical (unpaired) electrons. The van der Waals surface area contributed by atoms with Gasteiger partial charge in [-0.3, -0.25) is 4.79 Å². The second kappa shape index (κ2) is 9.52. The van der Waals surface area contributed by atoms with Gasteiger partial charge in [0.15, 0.2) is 0 Å². The lowest BCUT2D eigenvalue weighted by Gasteiger charge is -2.20. The van der Waals surface area contributed by atoms with Gasteiger partial charge in [-0.15, -0.1) is 0 Å². The number of esters is 1. The van der Waals surface area contributed by atoms with Crippen molar-refractivity contribution in [2.45, 2.75) is 65.8 Å². The fourth-order valence-corrected chi connectivity index (χ4v) is 4.75. The maximum Gasteiger partial charge on any atom is 0.328 e. The van der Waals surface area contributed by atoms with Crippen LogP contribution in [0.2, 0.25) is 0 Å². The van der Waals surface area contributed by atoms with Gasteiger partial charge in [0.05, 0.1) is 18.6 Å². The number of rotatable bonds is 8. The molecule has 0 saturated carbocycles. The Morgan fingerprint density at radius 3 is 1.82 bits per heavy atom. The number of hydrogen-bond acceptors (Lipinski definition) is 5. The molecule has 1 aromatic carbocycles. The van der Waals surface area contributed by atoms with Crippen molar-refractivity contribution in [1.29, 1.82) is 0 Å². The van der Waals surface area contributed by atoms with Crippen molar-refractivity contribution in [3.63, 3.8) is 0 Å². The molecule has 0 aliphatic heterocycles. The molecule has 0 fully saturated rings. The number of amides is 1. The van der Waals surface area contributed by atoms with Gasteiger partial charge < -0.3 is 10.1 Å². The highest BCUT2D eigenvalue weighted by molar-refractivity contribution is 7.89. The van der Waals surface area contributed by atoms with E-state index in [-0.39, 0.29) is 10.8 Å². The number of carbonyl (C=O) groups excluding carboxylic acids is 2. The SMILES string of the molecule is COC(=O)C(CC(C)C)NC(=O)CNS(=O)(=O)c1c(C)c(C)c(C)c(C)c1C. The molecule has 1 unspecified atom stereocenters. The van der Waals surface area contributed by atoms with E-state index in [1.807, 2.05) is 34.6 Å². The molecule has 1 atom stereocenters. The molecule has 0 spiro atoms. The van der Waals surface area contributed by atoms with E-state index < -0.39 is 34.5 Å². The lowest BCUT2D eigenvalue weighted by Crippen LogP contribution is -2.46. The van der Waals surface area contributed by atoms with Crippen molar-refractivity contribution in [3.8, 4) is 0 Å². The van der Waals surface area contributed by atoms with Gasteiger partial charge in [0, 0.05) is 0 Å². The first-order chi connectivity index (χ1) is 12.8. The molecule has 7 nitrogen and oxygen atoms in total. The first-order valence-corrected chi connectivity index (χ1v) is 10.8. The third-order valence-corrected chi connectivity index (χ3v) is 6.82. The van der Waals surface area contributed by atoms with Crippen LogP contribution < -0.4 is 10.0 Å². The summed E-state index contributed by atoms with van der Waals surface area (Å²) in [6.45, 7) is 12.6. The van der Waals surface area contributed by atoms with Crippen molar-refractivity contribution in [2.24, 2.45) is 5.92 Å². The van der Waals surface area contributed by atoms with Crippen LogP contribution in [0, 0.1) is 40.5 Å². The van der Waals surface area contributed by atoms with Crippen LogP contribution in [0.1, 0.15) is 48.1 Å². The summed E-state index contributed by atoms with van der Waals surface area (Å²) in [5, 5.41) is 2.54. The average molecular weight is 413 g/mol. The first-order valence-electron chi connectivity index (χ1n) is 9.27. The second-order valence-electron chi connectivity index (χ2n) is 7.55. The molecule has 28 heavy (non-hydrogen) atoms. The second-order valence-corrected chi connectivity index (χ2v) is 9.26. The lowest BCUT2D eigenvalue weighted by atomic mass is 9.95. The molecule has 1 rings (SSSR count). The maximum atomic E-state index is 12.9. The van der Waals surface area contributed by atoms with Crippen LogP contribution in [0.25, 0.3) is 0 Å². The zero-order valence-corrected chi connectivity index (χ0v) is 18.8. The lowest BCUT2D eigenvalue weighted by molar-refractivity contribution is -0.145. The van der Waals surface area contributed by atoms with E-state index in [0.29, 0.717) is 17.5 Å². The van der Waals surface area contributed by atoms with Gasteiger partial charge in [0.2, 0.25) is 15.9 Å². The number of benzene rings is 1. The smallest absolute Gasteiger partial charge is 0.328 e. The molecule has 158 valence electrons. The van der Waals surface area contributed by atoms with Crippen LogP contribution in [0.5, 0.6) is 0 Å². The molecular weight excluding hydrogens is 380 g/mol. The van der Waals surface area contributed by atoms with Gasteiger partial charge in [0.25, 0.3) is 0 Å². The summed E-state index contributed by atoms with van der Waals surface area (Å²) >= 11 is 0. The van der Waals surface area contributed by atoms with Crippen LogP contribution in [0.15, 0.2) is 4.90 Å². The highest BCUT2D eigenvalue weighted by Gasteiger charge is 2.26. The zero-order chi connectivity index (χ0) is 21.8. The summed E-state index contributed by atoms with van der Waals surface area (Å²) in [5.74, 6) is -0.984. The minimum Gasteiger partial charge on any atom is -0.467 e. The Morgan fingerprint density at radius 2 is 1.39 bits per heavy atom. The van der Waals surface area contributed by atoms with Crippen molar-refractivity contribution in [3.05, 3.63) is 27.8 Å². The van der Waals surface area contributed by atoms with E-state index >= 15 is 0 Å². The normalized spacial score (nSPS) is 12.8. The Labute approximate surface area is 168 Å². The number of carbonyl (C=O) groups is 2. The molecular formula is C20H32N2O5S. The Kier molecular flexibility index (Phi) is 8.19. The molecule has 1 aromatic rings. The minimum atomic E-state index is -3.89. The predicted octanol–water partition coefficient (Wildman–Crippen LogP) is 2.21. The van der Waals surface area contributed by atoms with Crippen LogP contribution in [0.4, 0.5) is 0 Å². The highest BCUT2D eigenvalue weighted by atomic mass is 32.2. The van der Waals surface area contributed by atoms with Crippen molar-refractivity contribution < 1.29 is 22.7 Å². The van der Waals surface area contributed by atoms with E-state index in [1.54, 1.807) is 13.8 Å². The largest absolute Gasteiger partial charge is 0.467 e. The van der Waals surface area contributed by atoms with E-state index in [0.717, 1.165) is 16.7 Å². The summed E-state index contributed by atoms with van der Waals surface area (Å²) in [6, 6.07) is -0.811. The first kappa shape index (κ1) is 24.1. The average Bonchev–Trinajstić information content (AvgIpc) is 2.61. The van der Waals surface area contributed by atoms with Crippen LogP contribution in [-0.2, 0) is 24.3 Å². The zero-order valence-electron chi connectivity index (χ0n) is 18.0. The fourth-order valence-electron chi connectivity index (χ4n) is 3.17. The Balaban J connectivity index is 3.01. The van der Waals surface area contributed by atoms with Crippen LogP contribution in [0.3, 0.4) is 0 Å². The minimum absolute atomic E-state index is 0.157. The van der Waals surface area contributed by atoms with Gasteiger partial charge >= 0.3 is 5.97 Å². The Hall–Kier alpha value is -1.93. The third-order valence-electron chi connectivity index (χ3n) is 5.15. The molecule has 0 aromatic heterocycles. The number of ether oxygens (including phenoxy) is 1. The molecule has 8 heteroatoms. The molecule has 0 aliphatic rings. The Morgan fingerprint density at radius 1 is 0.929 bits per heavy atom. The molecule has 0 saturated heterocycles. The van der Waals surface area contributed by atoms with Crippen LogP contribution >= 0.6 is 0 Å². The summed E-state index contributed by atoms with van der Waals surface area (Å²) in [6.07, 6.45) is 0.403. The van der Waals surface area contributed by atoms with Gasteiger partial charge in [-0.05, 0) is 74.8 Å². The van der Waals surface area contributed by atoms with E-state index in [1.165, 1.54) is 7.11 Å². The predicted molar refractivity (Wildman–Crippen MR) is 109 cm³/mol. The molecule has 0 heterocycles. The van der Waals surface area contributed by atoms with E-state index in [4.69, 9.17) is 4.74 Å². The summed E-state index contributed by atoms with van der Waals surface area (Å²) in [7, 11) is -2.64. The van der Waals surface area contributed by atoms with Gasteiger partial charge in [-0.25, -0.2) is 17.9 Å². The molecule has 0 aliphatic carbocycles. The topological polar surface area (TPSA) is 102 Å². The highest BCUT2D eigenvalue weighted by Crippen LogP contribution is 2.29. The number of methoxy groups -OCH3 is 1. The monoisotopic (exact) mass is 412 g/mol. The quantitative estimate of drug-likeness (QED) is 0.638. The molecule has 0 bridgehead atoms. The number of nitrogens with one attached hydrogen (secondary N) is 2. The third kappa shape index (κ3) is 5.54. The van der Waals surface area contributed by atoms with Gasteiger partial charge in [0.1, 0.15) is 6.04 Å². The van der Waals surface area contributed by atoms with Crippen molar-refractivity contribution in [2.75, 3.05) is 13.7 Å². The molecule has 2 N–H and O–H groups in total. The maximum absolute atomic E-state index is 12.9. The van der Waals surface area contributed by atoms with E-state index in [2.05, 4.69) is 10.0 Å². The Bertz CT molecular complexity index is 831. The number of hydrogen-bond donors (Lipinski definition) is 2. The summed E-state index contributed by atoms with van der Waals surface area (Å²) in [4.78, 5) is 24.3. The van der Waals surface area contributed by atoms with E-state index in [9.17, 15) is 18.0 Å². The van der Waals surface area contributed by atoms with Crippen molar-refractivity contribution >= 4 is 21.9 Å². The van der Waals surface area contributed by atoms with Gasteiger partial charge in [-0.1, -0.05) is 13.8 Å². The summed E-state index contributed by atoms with van der Waals surface area (Å²) in [5.41, 5.74) is 4.22. The fraction of sp³-hybridized carbons (Fsp3) is 0.600.